The Bertz CT molecular complexity index is 1230. The third-order valence-electron chi connectivity index (χ3n) is 5.41. The number of halogens is 2. The first-order valence-electron chi connectivity index (χ1n) is 9.61. The maximum atomic E-state index is 14.4. The van der Waals surface area contributed by atoms with Gasteiger partial charge in [0.25, 0.3) is 0 Å². The fourth-order valence-electron chi connectivity index (χ4n) is 3.89. The van der Waals surface area contributed by atoms with Gasteiger partial charge in [-0.25, -0.2) is 4.39 Å². The van der Waals surface area contributed by atoms with Crippen LogP contribution in [0.15, 0.2) is 49.2 Å². The second-order valence-corrected chi connectivity index (χ2v) is 7.48. The van der Waals surface area contributed by atoms with Crippen LogP contribution in [0.1, 0.15) is 5.56 Å². The Morgan fingerprint density at radius 3 is 2.65 bits per heavy atom. The zero-order valence-corrected chi connectivity index (χ0v) is 17.2. The van der Waals surface area contributed by atoms with E-state index in [1.54, 1.807) is 17.0 Å². The van der Waals surface area contributed by atoms with Crippen LogP contribution in [-0.4, -0.2) is 47.1 Å². The molecule has 3 aromatic rings. The largest absolute Gasteiger partial charge is 0.507 e. The molecule has 1 N–H and O–H groups in total. The predicted octanol–water partition coefficient (Wildman–Crippen LogP) is 4.11. The molecule has 2 heterocycles. The average Bonchev–Trinajstić information content (AvgIpc) is 2.79. The van der Waals surface area contributed by atoms with Crippen molar-refractivity contribution in [2.24, 2.45) is 0 Å². The zero-order chi connectivity index (χ0) is 22.1. The van der Waals surface area contributed by atoms with Crippen molar-refractivity contribution in [3.63, 3.8) is 0 Å². The van der Waals surface area contributed by atoms with Crippen LogP contribution in [0.4, 0.5) is 10.1 Å². The van der Waals surface area contributed by atoms with E-state index in [1.165, 1.54) is 30.5 Å². The fraction of sp³-hybridized carbons (Fsp3) is 0.174. The molecule has 2 aromatic carbocycles. The highest BCUT2D eigenvalue weighted by molar-refractivity contribution is 6.38. The monoisotopic (exact) mass is 436 g/mol. The van der Waals surface area contributed by atoms with Crippen LogP contribution in [0.25, 0.3) is 22.0 Å². The Labute approximate surface area is 183 Å². The van der Waals surface area contributed by atoms with Gasteiger partial charge in [-0.3, -0.25) is 9.78 Å². The first-order valence-corrected chi connectivity index (χ1v) is 9.99. The molecule has 0 atom stereocenters. The number of benzene rings is 2. The number of phenols is 1. The molecule has 0 radical (unpaired) electrons. The SMILES string of the molecule is C=CC(=O)N1CCN(c2c(C#N)cnc3c(Cl)c(-c4c(O)cccc4F)ccc23)CC1. The fourth-order valence-corrected chi connectivity index (χ4v) is 4.20. The molecular formula is C23H18ClFN4O2. The number of aromatic nitrogens is 1. The number of carbonyl (C=O) groups is 1. The van der Waals surface area contributed by atoms with Crippen molar-refractivity contribution in [1.29, 1.82) is 5.26 Å². The number of nitriles is 1. The first-order chi connectivity index (χ1) is 15.0. The van der Waals surface area contributed by atoms with Crippen LogP contribution in [0.2, 0.25) is 5.02 Å². The van der Waals surface area contributed by atoms with E-state index in [-0.39, 0.29) is 22.2 Å². The molecule has 1 aliphatic heterocycles. The van der Waals surface area contributed by atoms with Crippen molar-refractivity contribution >= 4 is 34.1 Å². The smallest absolute Gasteiger partial charge is 0.246 e. The topological polar surface area (TPSA) is 80.5 Å². The molecular weight excluding hydrogens is 419 g/mol. The van der Waals surface area contributed by atoms with Crippen LogP contribution in [0.3, 0.4) is 0 Å². The molecule has 1 amide bonds. The summed E-state index contributed by atoms with van der Waals surface area (Å²) in [5.41, 5.74) is 1.77. The Morgan fingerprint density at radius 2 is 2.00 bits per heavy atom. The Balaban J connectivity index is 1.82. The van der Waals surface area contributed by atoms with E-state index >= 15 is 0 Å². The van der Waals surface area contributed by atoms with Gasteiger partial charge in [-0.1, -0.05) is 30.3 Å². The number of nitrogens with zero attached hydrogens (tertiary/aromatic N) is 4. The second-order valence-electron chi connectivity index (χ2n) is 7.11. The molecule has 1 saturated heterocycles. The molecule has 0 bridgehead atoms. The molecule has 1 fully saturated rings. The van der Waals surface area contributed by atoms with Crippen LogP contribution < -0.4 is 4.90 Å². The van der Waals surface area contributed by atoms with Gasteiger partial charge in [-0.15, -0.1) is 0 Å². The summed E-state index contributed by atoms with van der Waals surface area (Å²) in [6, 6.07) is 9.57. The van der Waals surface area contributed by atoms with Crippen LogP contribution in [0.5, 0.6) is 5.75 Å². The quantitative estimate of drug-likeness (QED) is 0.625. The molecule has 1 aliphatic rings. The molecule has 6 nitrogen and oxygen atoms in total. The van der Waals surface area contributed by atoms with E-state index in [0.717, 1.165) is 0 Å². The molecule has 156 valence electrons. The number of hydrogen-bond donors (Lipinski definition) is 1. The van der Waals surface area contributed by atoms with E-state index in [4.69, 9.17) is 11.6 Å². The van der Waals surface area contributed by atoms with Gasteiger partial charge in [0.2, 0.25) is 5.91 Å². The number of carbonyl (C=O) groups excluding carboxylic acids is 1. The van der Waals surface area contributed by atoms with Crippen LogP contribution in [0, 0.1) is 17.1 Å². The van der Waals surface area contributed by atoms with Crippen LogP contribution >= 0.6 is 11.6 Å². The molecule has 0 aliphatic carbocycles. The van der Waals surface area contributed by atoms with Crippen molar-refractivity contribution in [3.8, 4) is 22.9 Å². The molecule has 1 aromatic heterocycles. The summed E-state index contributed by atoms with van der Waals surface area (Å²) >= 11 is 6.60. The maximum absolute atomic E-state index is 14.4. The van der Waals surface area contributed by atoms with Crippen molar-refractivity contribution in [2.45, 2.75) is 0 Å². The van der Waals surface area contributed by atoms with Gasteiger partial charge in [0, 0.05) is 43.3 Å². The van der Waals surface area contributed by atoms with E-state index in [0.29, 0.717) is 53.9 Å². The van der Waals surface area contributed by atoms with E-state index in [2.05, 4.69) is 17.6 Å². The Kier molecular flexibility index (Phi) is 5.49. The highest BCUT2D eigenvalue weighted by atomic mass is 35.5. The van der Waals surface area contributed by atoms with Gasteiger partial charge in [0.1, 0.15) is 17.6 Å². The summed E-state index contributed by atoms with van der Waals surface area (Å²) in [5.74, 6) is -0.951. The lowest BCUT2D eigenvalue weighted by molar-refractivity contribution is -0.126. The average molecular weight is 437 g/mol. The third-order valence-corrected chi connectivity index (χ3v) is 5.80. The van der Waals surface area contributed by atoms with Gasteiger partial charge >= 0.3 is 0 Å². The summed E-state index contributed by atoms with van der Waals surface area (Å²) < 4.78 is 14.4. The van der Waals surface area contributed by atoms with Crippen molar-refractivity contribution < 1.29 is 14.3 Å². The lowest BCUT2D eigenvalue weighted by Gasteiger charge is -2.36. The molecule has 4 rings (SSSR count). The van der Waals surface area contributed by atoms with Crippen LogP contribution in [-0.2, 0) is 4.79 Å². The summed E-state index contributed by atoms with van der Waals surface area (Å²) in [5, 5.41) is 20.6. The highest BCUT2D eigenvalue weighted by Crippen LogP contribution is 2.42. The molecule has 31 heavy (non-hydrogen) atoms. The minimum Gasteiger partial charge on any atom is -0.507 e. The number of hydrogen-bond acceptors (Lipinski definition) is 5. The van der Waals surface area contributed by atoms with E-state index in [9.17, 15) is 19.6 Å². The number of phenolic OH excluding ortho intramolecular Hbond substituents is 1. The standard InChI is InChI=1S/C23H18ClFN4O2/c1-2-19(31)28-8-10-29(11-9-28)23-14(12-26)13-27-22-16(23)7-6-15(21(22)24)20-17(25)4-3-5-18(20)30/h2-7,13,30H,1,8-11H2. The minimum atomic E-state index is -0.599. The van der Waals surface area contributed by atoms with E-state index in [1.807, 2.05) is 4.90 Å². The molecule has 0 saturated carbocycles. The molecule has 8 heteroatoms. The lowest BCUT2D eigenvalue weighted by Crippen LogP contribution is -2.48. The lowest BCUT2D eigenvalue weighted by atomic mass is 10.00. The number of piperazine rings is 1. The number of pyridine rings is 1. The van der Waals surface area contributed by atoms with Crippen molar-refractivity contribution in [2.75, 3.05) is 31.1 Å². The number of anilines is 1. The Morgan fingerprint density at radius 1 is 1.26 bits per heavy atom. The minimum absolute atomic E-state index is 0.00124. The molecule has 0 unspecified atom stereocenters. The first kappa shape index (κ1) is 20.6. The number of amides is 1. The zero-order valence-electron chi connectivity index (χ0n) is 16.5. The Hall–Kier alpha value is -3.63. The number of rotatable bonds is 3. The van der Waals surface area contributed by atoms with E-state index < -0.39 is 5.82 Å². The van der Waals surface area contributed by atoms with Gasteiger partial charge < -0.3 is 14.9 Å². The normalized spacial score (nSPS) is 13.8. The van der Waals surface area contributed by atoms with Gasteiger partial charge in [0.05, 0.1) is 27.4 Å². The third kappa shape index (κ3) is 3.56. The number of aromatic hydroxyl groups is 1. The van der Waals surface area contributed by atoms with Gasteiger partial charge in [0.15, 0.2) is 0 Å². The summed E-state index contributed by atoms with van der Waals surface area (Å²) in [7, 11) is 0. The summed E-state index contributed by atoms with van der Waals surface area (Å²) in [4.78, 5) is 19.9. The summed E-state index contributed by atoms with van der Waals surface area (Å²) in [6.07, 6.45) is 2.73. The summed E-state index contributed by atoms with van der Waals surface area (Å²) in [6.45, 7) is 5.57. The predicted molar refractivity (Wildman–Crippen MR) is 118 cm³/mol. The van der Waals surface area contributed by atoms with Gasteiger partial charge in [-0.2, -0.15) is 5.26 Å². The number of fused-ring (bicyclic) bond motifs is 1. The molecule has 0 spiro atoms. The van der Waals surface area contributed by atoms with Crippen molar-refractivity contribution in [3.05, 3.63) is 65.6 Å². The van der Waals surface area contributed by atoms with Gasteiger partial charge in [-0.05, 0) is 24.3 Å². The maximum Gasteiger partial charge on any atom is 0.246 e. The second kappa shape index (κ2) is 8.25. The van der Waals surface area contributed by atoms with Crippen molar-refractivity contribution in [1.82, 2.24) is 9.88 Å². The highest BCUT2D eigenvalue weighted by Gasteiger charge is 2.25.